The number of halogens is 1. The number of aliphatic hydroxyl groups is 1. The molecule has 4 nitrogen and oxygen atoms in total. The van der Waals surface area contributed by atoms with E-state index in [4.69, 9.17) is 5.11 Å². The van der Waals surface area contributed by atoms with Crippen molar-refractivity contribution in [2.45, 2.75) is 33.4 Å². The number of thioether (sulfide) groups is 1. The molecule has 1 aromatic heterocycles. The highest BCUT2D eigenvalue weighted by molar-refractivity contribution is 9.10. The monoisotopic (exact) mass is 335 g/mol. The molecule has 0 spiro atoms. The summed E-state index contributed by atoms with van der Waals surface area (Å²) in [6, 6.07) is 0. The summed E-state index contributed by atoms with van der Waals surface area (Å²) in [5, 5.41) is 16.6. The molecule has 18 heavy (non-hydrogen) atoms. The Labute approximate surface area is 122 Å². The van der Waals surface area contributed by atoms with Crippen molar-refractivity contribution in [1.82, 2.24) is 15.1 Å². The highest BCUT2D eigenvalue weighted by Gasteiger charge is 2.10. The topological polar surface area (TPSA) is 50.1 Å². The van der Waals surface area contributed by atoms with Crippen molar-refractivity contribution >= 4 is 27.7 Å². The summed E-state index contributed by atoms with van der Waals surface area (Å²) in [6.45, 7) is 7.14. The summed E-state index contributed by atoms with van der Waals surface area (Å²) in [5.41, 5.74) is 2.27. The van der Waals surface area contributed by atoms with Crippen LogP contribution in [0, 0.1) is 6.92 Å². The van der Waals surface area contributed by atoms with Gasteiger partial charge in [0.15, 0.2) is 0 Å². The summed E-state index contributed by atoms with van der Waals surface area (Å²) in [5.74, 6) is 2.12. The molecule has 1 aromatic rings. The van der Waals surface area contributed by atoms with E-state index in [2.05, 4.69) is 33.3 Å². The zero-order chi connectivity index (χ0) is 13.4. The van der Waals surface area contributed by atoms with Crippen LogP contribution in [0.1, 0.15) is 24.7 Å². The molecule has 0 amide bonds. The third kappa shape index (κ3) is 4.91. The second-order valence-electron chi connectivity index (χ2n) is 4.03. The standard InChI is InChI=1S/C12H22BrN3OS/c1-3-16-11(12(13)10(2)15-16)9-14-5-8-18-7-4-6-17/h14,17H,3-9H2,1-2H3. The van der Waals surface area contributed by atoms with E-state index < -0.39 is 0 Å². The maximum Gasteiger partial charge on any atom is 0.0739 e. The highest BCUT2D eigenvalue weighted by atomic mass is 79.9. The lowest BCUT2D eigenvalue weighted by Gasteiger charge is -2.07. The Morgan fingerprint density at radius 2 is 2.22 bits per heavy atom. The summed E-state index contributed by atoms with van der Waals surface area (Å²) in [6.07, 6.45) is 0.887. The predicted molar refractivity (Wildman–Crippen MR) is 81.1 cm³/mol. The molecule has 2 N–H and O–H groups in total. The van der Waals surface area contributed by atoms with Gasteiger partial charge in [0.05, 0.1) is 15.9 Å². The lowest BCUT2D eigenvalue weighted by atomic mass is 10.3. The molecule has 0 saturated carbocycles. The fourth-order valence-corrected chi connectivity index (χ4v) is 2.91. The van der Waals surface area contributed by atoms with Gasteiger partial charge in [-0.1, -0.05) is 0 Å². The van der Waals surface area contributed by atoms with E-state index in [9.17, 15) is 0 Å². The average molecular weight is 336 g/mol. The lowest BCUT2D eigenvalue weighted by molar-refractivity contribution is 0.296. The van der Waals surface area contributed by atoms with E-state index in [1.807, 2.05) is 23.4 Å². The quantitative estimate of drug-likeness (QED) is 0.679. The molecule has 0 unspecified atom stereocenters. The van der Waals surface area contributed by atoms with Crippen molar-refractivity contribution in [3.05, 3.63) is 15.9 Å². The highest BCUT2D eigenvalue weighted by Crippen LogP contribution is 2.20. The summed E-state index contributed by atoms with van der Waals surface area (Å²) in [7, 11) is 0. The number of hydrogen-bond donors (Lipinski definition) is 2. The minimum absolute atomic E-state index is 0.294. The van der Waals surface area contributed by atoms with Crippen LogP contribution in [-0.4, -0.2) is 39.5 Å². The number of nitrogens with one attached hydrogen (secondary N) is 1. The average Bonchev–Trinajstić information content (AvgIpc) is 2.65. The van der Waals surface area contributed by atoms with Gasteiger partial charge in [0, 0.05) is 32.0 Å². The van der Waals surface area contributed by atoms with Crippen LogP contribution in [0.3, 0.4) is 0 Å². The van der Waals surface area contributed by atoms with Crippen molar-refractivity contribution < 1.29 is 5.11 Å². The number of hydrogen-bond acceptors (Lipinski definition) is 4. The molecule has 0 aliphatic rings. The Kier molecular flexibility index (Phi) is 7.97. The van der Waals surface area contributed by atoms with Crippen molar-refractivity contribution in [3.63, 3.8) is 0 Å². The maximum absolute atomic E-state index is 8.66. The minimum Gasteiger partial charge on any atom is -0.396 e. The fraction of sp³-hybridized carbons (Fsp3) is 0.750. The maximum atomic E-state index is 8.66. The Morgan fingerprint density at radius 3 is 2.89 bits per heavy atom. The second-order valence-corrected chi connectivity index (χ2v) is 6.05. The fourth-order valence-electron chi connectivity index (χ4n) is 1.66. The van der Waals surface area contributed by atoms with Crippen LogP contribution >= 0.6 is 27.7 Å². The van der Waals surface area contributed by atoms with E-state index in [0.717, 1.165) is 47.7 Å². The molecule has 0 bridgehead atoms. The van der Waals surface area contributed by atoms with Gasteiger partial charge < -0.3 is 10.4 Å². The Morgan fingerprint density at radius 1 is 1.44 bits per heavy atom. The first-order chi connectivity index (χ1) is 8.70. The molecule has 0 atom stereocenters. The van der Waals surface area contributed by atoms with Gasteiger partial charge in [-0.05, 0) is 42.0 Å². The molecule has 6 heteroatoms. The van der Waals surface area contributed by atoms with Crippen molar-refractivity contribution in [2.75, 3.05) is 24.7 Å². The zero-order valence-electron chi connectivity index (χ0n) is 11.1. The van der Waals surface area contributed by atoms with Gasteiger partial charge in [0.25, 0.3) is 0 Å². The number of rotatable bonds is 9. The van der Waals surface area contributed by atoms with Crippen LogP contribution in [-0.2, 0) is 13.1 Å². The van der Waals surface area contributed by atoms with E-state index in [1.165, 1.54) is 5.69 Å². The molecular weight excluding hydrogens is 314 g/mol. The van der Waals surface area contributed by atoms with Gasteiger partial charge in [-0.3, -0.25) is 4.68 Å². The first-order valence-corrected chi connectivity index (χ1v) is 8.26. The van der Waals surface area contributed by atoms with E-state index in [0.29, 0.717) is 6.61 Å². The Balaban J connectivity index is 2.26. The molecule has 0 aliphatic carbocycles. The van der Waals surface area contributed by atoms with E-state index >= 15 is 0 Å². The zero-order valence-corrected chi connectivity index (χ0v) is 13.5. The van der Waals surface area contributed by atoms with Crippen molar-refractivity contribution in [1.29, 1.82) is 0 Å². The largest absolute Gasteiger partial charge is 0.396 e. The molecule has 0 fully saturated rings. The van der Waals surface area contributed by atoms with Crippen LogP contribution in [0.25, 0.3) is 0 Å². The molecule has 0 aliphatic heterocycles. The third-order valence-electron chi connectivity index (χ3n) is 2.62. The van der Waals surface area contributed by atoms with E-state index in [-0.39, 0.29) is 0 Å². The number of aliphatic hydroxyl groups excluding tert-OH is 1. The van der Waals surface area contributed by atoms with E-state index in [1.54, 1.807) is 0 Å². The third-order valence-corrected chi connectivity index (χ3v) is 4.72. The molecule has 1 rings (SSSR count). The van der Waals surface area contributed by atoms with Crippen molar-refractivity contribution in [3.8, 4) is 0 Å². The summed E-state index contributed by atoms with van der Waals surface area (Å²) in [4.78, 5) is 0. The lowest BCUT2D eigenvalue weighted by Crippen LogP contribution is -2.19. The second kappa shape index (κ2) is 8.96. The Bertz CT molecular complexity index is 357. The number of nitrogens with zero attached hydrogens (tertiary/aromatic N) is 2. The SMILES string of the molecule is CCn1nc(C)c(Br)c1CNCCSCCCO. The molecule has 0 aromatic carbocycles. The van der Waals surface area contributed by atoms with Gasteiger partial charge >= 0.3 is 0 Å². The normalized spacial score (nSPS) is 11.1. The molecule has 0 radical (unpaired) electrons. The van der Waals surface area contributed by atoms with Crippen LogP contribution < -0.4 is 5.32 Å². The van der Waals surface area contributed by atoms with Gasteiger partial charge in [-0.25, -0.2) is 0 Å². The van der Waals surface area contributed by atoms with Gasteiger partial charge in [-0.15, -0.1) is 0 Å². The summed E-state index contributed by atoms with van der Waals surface area (Å²) < 4.78 is 3.15. The first kappa shape index (κ1) is 16.0. The van der Waals surface area contributed by atoms with Gasteiger partial charge in [0.1, 0.15) is 0 Å². The van der Waals surface area contributed by atoms with Crippen molar-refractivity contribution in [2.24, 2.45) is 0 Å². The molecular formula is C12H22BrN3OS. The molecule has 0 saturated heterocycles. The van der Waals surface area contributed by atoms with Gasteiger partial charge in [-0.2, -0.15) is 16.9 Å². The molecule has 1 heterocycles. The summed E-state index contributed by atoms with van der Waals surface area (Å²) >= 11 is 5.46. The van der Waals surface area contributed by atoms with Crippen LogP contribution in [0.2, 0.25) is 0 Å². The molecule has 104 valence electrons. The number of aryl methyl sites for hydroxylation is 2. The van der Waals surface area contributed by atoms with Gasteiger partial charge in [0.2, 0.25) is 0 Å². The van der Waals surface area contributed by atoms with Crippen LogP contribution in [0.15, 0.2) is 4.47 Å². The predicted octanol–water partition coefficient (Wildman–Crippen LogP) is 2.18. The minimum atomic E-state index is 0.294. The van der Waals surface area contributed by atoms with Crippen LogP contribution in [0.5, 0.6) is 0 Å². The van der Waals surface area contributed by atoms with Crippen LogP contribution in [0.4, 0.5) is 0 Å². The number of aromatic nitrogens is 2. The Hall–Kier alpha value is -0.0400. The first-order valence-electron chi connectivity index (χ1n) is 6.31. The smallest absolute Gasteiger partial charge is 0.0739 e.